The van der Waals surface area contributed by atoms with Crippen molar-refractivity contribution in [2.24, 2.45) is 0 Å². The van der Waals surface area contributed by atoms with E-state index < -0.39 is 16.1 Å². The van der Waals surface area contributed by atoms with Crippen molar-refractivity contribution in [3.63, 3.8) is 0 Å². The number of carbonyl (C=O) groups is 1. The van der Waals surface area contributed by atoms with E-state index in [1.54, 1.807) is 6.92 Å². The Balaban J connectivity index is 1.97. The van der Waals surface area contributed by atoms with Crippen molar-refractivity contribution in [2.45, 2.75) is 58.9 Å². The van der Waals surface area contributed by atoms with E-state index in [1.165, 1.54) is 30.0 Å². The summed E-state index contributed by atoms with van der Waals surface area (Å²) in [5.74, 6) is -0.262. The topological polar surface area (TPSA) is 69.7 Å². The third kappa shape index (κ3) is 6.48. The van der Waals surface area contributed by atoms with Gasteiger partial charge in [-0.25, -0.2) is 8.42 Å². The molecule has 6 nitrogen and oxygen atoms in total. The van der Waals surface area contributed by atoms with Crippen LogP contribution >= 0.6 is 0 Å². The molecule has 1 atom stereocenters. The molecule has 1 aliphatic heterocycles. The molecule has 0 spiro atoms. The predicted octanol–water partition coefficient (Wildman–Crippen LogP) is 2.84. The number of sulfonamides is 1. The van der Waals surface area contributed by atoms with Crippen LogP contribution in [-0.4, -0.2) is 57.7 Å². The summed E-state index contributed by atoms with van der Waals surface area (Å²) >= 11 is 0. The number of hydrogen-bond acceptors (Lipinski definition) is 4. The normalized spacial score (nSPS) is 17.0. The molecule has 0 aliphatic carbocycles. The Labute approximate surface area is 170 Å². The molecular formula is C21H35N3O3S. The van der Waals surface area contributed by atoms with Crippen molar-refractivity contribution < 1.29 is 13.2 Å². The molecule has 158 valence electrons. The molecule has 0 bridgehead atoms. The zero-order valence-electron chi connectivity index (χ0n) is 17.7. The lowest BCUT2D eigenvalue weighted by molar-refractivity contribution is -0.121. The Morgan fingerprint density at radius 3 is 2.43 bits per heavy atom. The van der Waals surface area contributed by atoms with Crippen LogP contribution in [0.5, 0.6) is 0 Å². The smallest absolute Gasteiger partial charge is 0.243 e. The van der Waals surface area contributed by atoms with Gasteiger partial charge in [0.15, 0.2) is 0 Å². The van der Waals surface area contributed by atoms with Crippen molar-refractivity contribution in [1.82, 2.24) is 10.2 Å². The molecule has 1 aromatic rings. The Kier molecular flexibility index (Phi) is 8.31. The van der Waals surface area contributed by atoms with Crippen molar-refractivity contribution in [3.8, 4) is 0 Å². The van der Waals surface area contributed by atoms with E-state index >= 15 is 0 Å². The molecule has 0 radical (unpaired) electrons. The molecule has 1 heterocycles. The highest BCUT2D eigenvalue weighted by molar-refractivity contribution is 7.92. The van der Waals surface area contributed by atoms with Crippen LogP contribution in [-0.2, 0) is 14.8 Å². The van der Waals surface area contributed by atoms with Gasteiger partial charge in [-0.05, 0) is 76.9 Å². The Morgan fingerprint density at radius 2 is 1.82 bits per heavy atom. The summed E-state index contributed by atoms with van der Waals surface area (Å²) in [6.45, 7) is 9.23. The van der Waals surface area contributed by atoms with Gasteiger partial charge in [0.2, 0.25) is 15.9 Å². The van der Waals surface area contributed by atoms with Gasteiger partial charge >= 0.3 is 0 Å². The summed E-state index contributed by atoms with van der Waals surface area (Å²) < 4.78 is 26.1. The second-order valence-corrected chi connectivity index (χ2v) is 9.78. The van der Waals surface area contributed by atoms with E-state index in [1.807, 2.05) is 32.0 Å². The number of likely N-dealkylation sites (tertiary alicyclic amines) is 1. The van der Waals surface area contributed by atoms with E-state index in [4.69, 9.17) is 0 Å². The number of aryl methyl sites for hydroxylation is 2. The zero-order valence-corrected chi connectivity index (χ0v) is 18.5. The number of anilines is 1. The van der Waals surface area contributed by atoms with Crippen molar-refractivity contribution in [1.29, 1.82) is 0 Å². The lowest BCUT2D eigenvalue weighted by atomic mass is 10.1. The largest absolute Gasteiger partial charge is 0.354 e. The second kappa shape index (κ2) is 10.3. The van der Waals surface area contributed by atoms with Crippen LogP contribution in [0.25, 0.3) is 0 Å². The van der Waals surface area contributed by atoms with E-state index in [0.29, 0.717) is 12.2 Å². The molecule has 7 heteroatoms. The number of nitrogens with zero attached hydrogens (tertiary/aromatic N) is 2. The minimum atomic E-state index is -3.59. The summed E-state index contributed by atoms with van der Waals surface area (Å²) in [5, 5.41) is 2.92. The molecule has 2 rings (SSSR count). The molecule has 1 fully saturated rings. The maximum Gasteiger partial charge on any atom is 0.243 e. The van der Waals surface area contributed by atoms with Gasteiger partial charge in [-0.15, -0.1) is 0 Å². The summed E-state index contributed by atoms with van der Waals surface area (Å²) in [6, 6.07) is 4.84. The molecule has 1 amide bonds. The maximum atomic E-state index is 12.7. The summed E-state index contributed by atoms with van der Waals surface area (Å²) in [5.41, 5.74) is 2.35. The van der Waals surface area contributed by atoms with Gasteiger partial charge in [-0.1, -0.05) is 25.0 Å². The highest BCUT2D eigenvalue weighted by atomic mass is 32.2. The molecule has 1 aromatic carbocycles. The van der Waals surface area contributed by atoms with E-state index in [2.05, 4.69) is 10.2 Å². The van der Waals surface area contributed by atoms with Crippen LogP contribution in [0.1, 0.15) is 50.2 Å². The number of benzene rings is 1. The van der Waals surface area contributed by atoms with E-state index in [9.17, 15) is 13.2 Å². The molecular weight excluding hydrogens is 374 g/mol. The lowest BCUT2D eigenvalue weighted by Crippen LogP contribution is -2.48. The third-order valence-corrected chi connectivity index (χ3v) is 6.57. The molecule has 0 unspecified atom stereocenters. The van der Waals surface area contributed by atoms with Crippen molar-refractivity contribution >= 4 is 21.6 Å². The van der Waals surface area contributed by atoms with Gasteiger partial charge in [-0.3, -0.25) is 9.10 Å². The first-order chi connectivity index (χ1) is 13.2. The van der Waals surface area contributed by atoms with Gasteiger partial charge in [0.05, 0.1) is 11.9 Å². The fourth-order valence-electron chi connectivity index (χ4n) is 3.76. The summed E-state index contributed by atoms with van der Waals surface area (Å²) in [4.78, 5) is 15.1. The summed E-state index contributed by atoms with van der Waals surface area (Å²) in [6.07, 6.45) is 7.15. The van der Waals surface area contributed by atoms with Crippen LogP contribution in [0.4, 0.5) is 5.69 Å². The van der Waals surface area contributed by atoms with E-state index in [0.717, 1.165) is 43.4 Å². The zero-order chi connectivity index (χ0) is 20.7. The Morgan fingerprint density at radius 1 is 1.18 bits per heavy atom. The van der Waals surface area contributed by atoms with Gasteiger partial charge < -0.3 is 10.2 Å². The first-order valence-electron chi connectivity index (χ1n) is 10.3. The Hall–Kier alpha value is -1.60. The standard InChI is InChI=1S/C21H35N3O3S/c1-17-10-11-18(2)20(16-17)24(28(4,26)27)19(3)21(25)22-12-9-15-23-13-7-5-6-8-14-23/h10-11,16,19H,5-9,12-15H2,1-4H3,(H,22,25)/t19-/m0/s1. The lowest BCUT2D eigenvalue weighted by Gasteiger charge is -2.30. The fourth-order valence-corrected chi connectivity index (χ4v) is 4.98. The highest BCUT2D eigenvalue weighted by Gasteiger charge is 2.30. The SMILES string of the molecule is Cc1ccc(C)c(N([C@@H](C)C(=O)NCCCN2CCCCCC2)S(C)(=O)=O)c1. The van der Waals surface area contributed by atoms with Crippen LogP contribution < -0.4 is 9.62 Å². The number of hydrogen-bond donors (Lipinski definition) is 1. The Bertz CT molecular complexity index is 756. The molecule has 0 aromatic heterocycles. The third-order valence-electron chi connectivity index (χ3n) is 5.34. The van der Waals surface area contributed by atoms with Gasteiger partial charge in [0.25, 0.3) is 0 Å². The first kappa shape index (κ1) is 22.7. The van der Waals surface area contributed by atoms with Crippen LogP contribution in [0, 0.1) is 13.8 Å². The quantitative estimate of drug-likeness (QED) is 0.671. The van der Waals surface area contributed by atoms with Crippen LogP contribution in [0.3, 0.4) is 0 Å². The average molecular weight is 410 g/mol. The van der Waals surface area contributed by atoms with Gasteiger partial charge in [0.1, 0.15) is 6.04 Å². The minimum absolute atomic E-state index is 0.262. The maximum absolute atomic E-state index is 12.7. The number of rotatable bonds is 8. The molecule has 1 saturated heterocycles. The molecule has 28 heavy (non-hydrogen) atoms. The second-order valence-electron chi connectivity index (χ2n) is 7.93. The highest BCUT2D eigenvalue weighted by Crippen LogP contribution is 2.26. The van der Waals surface area contributed by atoms with E-state index in [-0.39, 0.29) is 5.91 Å². The number of amides is 1. The monoisotopic (exact) mass is 409 g/mol. The average Bonchev–Trinajstić information content (AvgIpc) is 2.89. The summed E-state index contributed by atoms with van der Waals surface area (Å²) in [7, 11) is -3.59. The van der Waals surface area contributed by atoms with Crippen molar-refractivity contribution in [2.75, 3.05) is 36.7 Å². The molecule has 1 aliphatic rings. The minimum Gasteiger partial charge on any atom is -0.354 e. The van der Waals surface area contributed by atoms with Crippen LogP contribution in [0.15, 0.2) is 18.2 Å². The van der Waals surface area contributed by atoms with Crippen LogP contribution in [0.2, 0.25) is 0 Å². The van der Waals surface area contributed by atoms with Crippen molar-refractivity contribution in [3.05, 3.63) is 29.3 Å². The number of carbonyl (C=O) groups excluding carboxylic acids is 1. The predicted molar refractivity (Wildman–Crippen MR) is 115 cm³/mol. The number of nitrogens with one attached hydrogen (secondary N) is 1. The first-order valence-corrected chi connectivity index (χ1v) is 12.1. The van der Waals surface area contributed by atoms with Gasteiger partial charge in [0, 0.05) is 6.54 Å². The molecule has 1 N–H and O–H groups in total. The van der Waals surface area contributed by atoms with Gasteiger partial charge in [-0.2, -0.15) is 0 Å². The fraction of sp³-hybridized carbons (Fsp3) is 0.667. The molecule has 0 saturated carbocycles.